The molecule has 5 nitrogen and oxygen atoms in total. The first-order valence-electron chi connectivity index (χ1n) is 12.4. The first kappa shape index (κ1) is 22.5. The number of hydrogen-bond donors (Lipinski definition) is 1. The highest BCUT2D eigenvalue weighted by Crippen LogP contribution is 2.47. The summed E-state index contributed by atoms with van der Waals surface area (Å²) in [5, 5.41) is 1.22. The molecule has 35 heavy (non-hydrogen) atoms. The molecule has 3 heterocycles. The van der Waals surface area contributed by atoms with E-state index < -0.39 is 15.6 Å². The Balaban J connectivity index is 1.41. The summed E-state index contributed by atoms with van der Waals surface area (Å²) in [6.45, 7) is 5.08. The van der Waals surface area contributed by atoms with Crippen LogP contribution in [0, 0.1) is 6.92 Å². The first-order valence-corrected chi connectivity index (χ1v) is 13.9. The van der Waals surface area contributed by atoms with Crippen molar-refractivity contribution in [1.29, 1.82) is 0 Å². The quantitative estimate of drug-likeness (QED) is 0.432. The molecule has 4 aromatic rings. The summed E-state index contributed by atoms with van der Waals surface area (Å²) in [6.07, 6.45) is 2.26. The summed E-state index contributed by atoms with van der Waals surface area (Å²) in [5.41, 5.74) is 5.27. The zero-order chi connectivity index (χ0) is 24.0. The normalized spacial score (nSPS) is 18.7. The van der Waals surface area contributed by atoms with E-state index in [2.05, 4.69) is 52.3 Å². The van der Waals surface area contributed by atoms with Gasteiger partial charge in [0.1, 0.15) is 0 Å². The molecule has 1 saturated heterocycles. The van der Waals surface area contributed by atoms with Gasteiger partial charge in [0.2, 0.25) is 10.0 Å². The van der Waals surface area contributed by atoms with E-state index in [-0.39, 0.29) is 0 Å². The van der Waals surface area contributed by atoms with Crippen molar-refractivity contribution in [3.63, 3.8) is 0 Å². The number of aromatic amines is 1. The Bertz CT molecular complexity index is 1450. The van der Waals surface area contributed by atoms with E-state index in [0.717, 1.165) is 55.7 Å². The minimum atomic E-state index is -3.65. The smallest absolute Gasteiger partial charge is 0.243 e. The molecular weight excluding hydrogens is 454 g/mol. The van der Waals surface area contributed by atoms with E-state index in [1.807, 2.05) is 35.5 Å². The van der Waals surface area contributed by atoms with Gasteiger partial charge in [0.25, 0.3) is 0 Å². The fourth-order valence-corrected chi connectivity index (χ4v) is 7.82. The van der Waals surface area contributed by atoms with Gasteiger partial charge in [0.05, 0.1) is 10.4 Å². The lowest BCUT2D eigenvalue weighted by molar-refractivity contribution is 0.0607. The molecule has 6 heteroatoms. The number of fused-ring (bicyclic) bond motifs is 4. The number of H-pyrrole nitrogens is 1. The van der Waals surface area contributed by atoms with Crippen molar-refractivity contribution in [2.45, 2.75) is 43.2 Å². The van der Waals surface area contributed by atoms with E-state index in [4.69, 9.17) is 0 Å². The number of piperidine rings is 1. The maximum absolute atomic E-state index is 14.1. The number of para-hydroxylation sites is 1. The van der Waals surface area contributed by atoms with Crippen molar-refractivity contribution in [1.82, 2.24) is 14.2 Å². The highest BCUT2D eigenvalue weighted by molar-refractivity contribution is 7.89. The molecule has 0 unspecified atom stereocenters. The van der Waals surface area contributed by atoms with Crippen molar-refractivity contribution in [3.05, 3.63) is 101 Å². The number of aromatic nitrogens is 1. The highest BCUT2D eigenvalue weighted by atomic mass is 32.2. The number of sulfonamides is 1. The van der Waals surface area contributed by atoms with Crippen molar-refractivity contribution in [3.8, 4) is 0 Å². The third-order valence-corrected chi connectivity index (χ3v) is 9.84. The van der Waals surface area contributed by atoms with Gasteiger partial charge in [-0.05, 0) is 55.5 Å². The van der Waals surface area contributed by atoms with Gasteiger partial charge in [-0.25, -0.2) is 8.42 Å². The molecule has 2 aliphatic rings. The summed E-state index contributed by atoms with van der Waals surface area (Å²) in [5.74, 6) is 0. The van der Waals surface area contributed by atoms with Crippen molar-refractivity contribution < 1.29 is 8.42 Å². The van der Waals surface area contributed by atoms with E-state index in [9.17, 15) is 8.42 Å². The summed E-state index contributed by atoms with van der Waals surface area (Å²) in [4.78, 5) is 6.51. The highest BCUT2D eigenvalue weighted by Gasteiger charge is 2.51. The number of rotatable bonds is 4. The molecule has 1 N–H and O–H groups in total. The summed E-state index contributed by atoms with van der Waals surface area (Å²) in [7, 11) is -3.65. The molecule has 2 aliphatic heterocycles. The van der Waals surface area contributed by atoms with Gasteiger partial charge in [-0.15, -0.1) is 0 Å². The number of nitrogens with one attached hydrogen (secondary N) is 1. The minimum Gasteiger partial charge on any atom is -0.357 e. The summed E-state index contributed by atoms with van der Waals surface area (Å²) < 4.78 is 30.0. The average molecular weight is 486 g/mol. The predicted molar refractivity (Wildman–Crippen MR) is 140 cm³/mol. The topological polar surface area (TPSA) is 56.4 Å². The van der Waals surface area contributed by atoms with Gasteiger partial charge >= 0.3 is 0 Å². The molecule has 0 amide bonds. The SMILES string of the molecule is Cc1ccc(S(=O)(=O)N2CCc3c([nH]c4ccccc34)C23CCN(Cc2ccccc2)CC3)cc1. The largest absolute Gasteiger partial charge is 0.357 e. The molecule has 0 saturated carbocycles. The maximum atomic E-state index is 14.1. The first-order chi connectivity index (χ1) is 17.0. The zero-order valence-electron chi connectivity index (χ0n) is 20.1. The lowest BCUT2D eigenvalue weighted by Gasteiger charge is -2.50. The van der Waals surface area contributed by atoms with Gasteiger partial charge in [-0.2, -0.15) is 4.31 Å². The lowest BCUT2D eigenvalue weighted by Crippen LogP contribution is -2.58. The second-order valence-electron chi connectivity index (χ2n) is 9.96. The summed E-state index contributed by atoms with van der Waals surface area (Å²) >= 11 is 0. The Morgan fingerprint density at radius 2 is 1.54 bits per heavy atom. The van der Waals surface area contributed by atoms with E-state index in [1.54, 1.807) is 12.1 Å². The molecule has 0 aliphatic carbocycles. The Hall–Kier alpha value is -2.93. The van der Waals surface area contributed by atoms with Crippen LogP contribution in [0.2, 0.25) is 0 Å². The van der Waals surface area contributed by atoms with Crippen LogP contribution in [0.15, 0.2) is 83.8 Å². The molecule has 0 bridgehead atoms. The van der Waals surface area contributed by atoms with Gasteiger partial charge in [0.15, 0.2) is 0 Å². The van der Waals surface area contributed by atoms with Crippen LogP contribution >= 0.6 is 0 Å². The Morgan fingerprint density at radius 3 is 2.29 bits per heavy atom. The molecule has 1 aromatic heterocycles. The Morgan fingerprint density at radius 1 is 0.857 bits per heavy atom. The summed E-state index contributed by atoms with van der Waals surface area (Å²) in [6, 6.07) is 26.2. The van der Waals surface area contributed by atoms with Crippen LogP contribution in [0.5, 0.6) is 0 Å². The van der Waals surface area contributed by atoms with Crippen LogP contribution in [0.25, 0.3) is 10.9 Å². The molecule has 0 radical (unpaired) electrons. The Kier molecular flexibility index (Phi) is 5.55. The van der Waals surface area contributed by atoms with Gasteiger partial charge in [0, 0.05) is 42.8 Å². The van der Waals surface area contributed by atoms with Crippen molar-refractivity contribution in [2.75, 3.05) is 19.6 Å². The minimum absolute atomic E-state index is 0.383. The third-order valence-electron chi connectivity index (χ3n) is 7.86. The van der Waals surface area contributed by atoms with Crippen LogP contribution in [-0.2, 0) is 28.5 Å². The van der Waals surface area contributed by atoms with Gasteiger partial charge < -0.3 is 4.98 Å². The average Bonchev–Trinajstić information content (AvgIpc) is 3.26. The second kappa shape index (κ2) is 8.63. The Labute approximate surface area is 207 Å². The fraction of sp³-hybridized carbons (Fsp3) is 0.310. The number of nitrogens with zero attached hydrogens (tertiary/aromatic N) is 2. The van der Waals surface area contributed by atoms with E-state index in [1.165, 1.54) is 16.5 Å². The van der Waals surface area contributed by atoms with Crippen molar-refractivity contribution >= 4 is 20.9 Å². The third kappa shape index (κ3) is 3.80. The second-order valence-corrected chi connectivity index (χ2v) is 11.8. The molecular formula is C29H31N3O2S. The number of aryl methyl sites for hydroxylation is 1. The molecule has 6 rings (SSSR count). The predicted octanol–water partition coefficient (Wildman–Crippen LogP) is 5.21. The van der Waals surface area contributed by atoms with Crippen LogP contribution in [0.1, 0.15) is 35.2 Å². The molecule has 1 fully saturated rings. The van der Waals surface area contributed by atoms with E-state index in [0.29, 0.717) is 11.4 Å². The zero-order valence-corrected chi connectivity index (χ0v) is 20.9. The fourth-order valence-electron chi connectivity index (χ4n) is 6.02. The molecule has 3 aromatic carbocycles. The molecule has 0 atom stereocenters. The number of hydrogen-bond acceptors (Lipinski definition) is 3. The maximum Gasteiger partial charge on any atom is 0.243 e. The number of benzene rings is 3. The van der Waals surface area contributed by atoms with Crippen molar-refractivity contribution in [2.24, 2.45) is 0 Å². The van der Waals surface area contributed by atoms with E-state index >= 15 is 0 Å². The van der Waals surface area contributed by atoms with Crippen LogP contribution in [0.4, 0.5) is 0 Å². The standard InChI is InChI=1S/C29H31N3O2S/c1-22-11-13-24(14-12-22)35(33,34)32-18-15-26-25-9-5-6-10-27(25)30-28(26)29(32)16-19-31(20-17-29)21-23-7-3-2-4-8-23/h2-14,30H,15-21H2,1H3. The van der Waals surface area contributed by atoms with Crippen LogP contribution in [-0.4, -0.2) is 42.2 Å². The van der Waals surface area contributed by atoms with Crippen LogP contribution < -0.4 is 0 Å². The molecule has 1 spiro atoms. The number of likely N-dealkylation sites (tertiary alicyclic amines) is 1. The van der Waals surface area contributed by atoms with Gasteiger partial charge in [-0.1, -0.05) is 66.2 Å². The molecule has 180 valence electrons. The monoisotopic (exact) mass is 485 g/mol. The van der Waals surface area contributed by atoms with Gasteiger partial charge in [-0.3, -0.25) is 4.90 Å². The van der Waals surface area contributed by atoms with Crippen LogP contribution in [0.3, 0.4) is 0 Å². The lowest BCUT2D eigenvalue weighted by atomic mass is 9.79.